The lowest BCUT2D eigenvalue weighted by molar-refractivity contribution is 0.0518. The molecule has 0 amide bonds. The van der Waals surface area contributed by atoms with Crippen LogP contribution < -0.4 is 4.90 Å². The van der Waals surface area contributed by atoms with Gasteiger partial charge in [0.1, 0.15) is 0 Å². The van der Waals surface area contributed by atoms with Crippen LogP contribution in [0.1, 0.15) is 31.3 Å². The molecule has 1 heterocycles. The third kappa shape index (κ3) is 3.16. The summed E-state index contributed by atoms with van der Waals surface area (Å²) in [5, 5.41) is 0.0885. The molecule has 3 aromatic rings. The Morgan fingerprint density at radius 3 is 2.30 bits per heavy atom. The van der Waals surface area contributed by atoms with Crippen molar-refractivity contribution in [3.05, 3.63) is 59.8 Å². The number of aromatic nitrogens is 1. The van der Waals surface area contributed by atoms with Crippen molar-refractivity contribution in [3.63, 3.8) is 0 Å². The van der Waals surface area contributed by atoms with E-state index in [2.05, 4.69) is 0 Å². The van der Waals surface area contributed by atoms with Crippen LogP contribution in [0, 0.1) is 11.6 Å². The Hall–Kier alpha value is -2.89. The molecule has 0 N–H and O–H groups in total. The number of ether oxygens (including phenoxy) is 1. The van der Waals surface area contributed by atoms with Crippen molar-refractivity contribution < 1.29 is 18.3 Å². The normalized spacial score (nSPS) is 11.0. The standard InChI is InChI=1S/C21H22F2N2O2/c1-4-24(5-2)19-17-16(13-12-15(22)18(17)23)25(14-10-8-7-9-11-14)20(19)21(26)27-6-3/h7-13H,4-6H2,1-3H3. The molecule has 0 saturated heterocycles. The van der Waals surface area contributed by atoms with Crippen molar-refractivity contribution in [1.29, 1.82) is 0 Å². The third-order valence-corrected chi connectivity index (χ3v) is 4.56. The van der Waals surface area contributed by atoms with E-state index < -0.39 is 17.6 Å². The Balaban J connectivity index is 2.50. The van der Waals surface area contributed by atoms with Crippen LogP contribution in [0.3, 0.4) is 0 Å². The van der Waals surface area contributed by atoms with E-state index in [0.717, 1.165) is 6.07 Å². The van der Waals surface area contributed by atoms with Crippen LogP contribution in [-0.2, 0) is 4.74 Å². The molecule has 3 rings (SSSR count). The Labute approximate surface area is 157 Å². The van der Waals surface area contributed by atoms with Gasteiger partial charge in [0.2, 0.25) is 0 Å². The van der Waals surface area contributed by atoms with E-state index >= 15 is 0 Å². The molecule has 0 bridgehead atoms. The highest BCUT2D eigenvalue weighted by Gasteiger charge is 2.30. The lowest BCUT2D eigenvalue weighted by atomic mass is 10.1. The van der Waals surface area contributed by atoms with E-state index in [1.54, 1.807) is 11.5 Å². The summed E-state index contributed by atoms with van der Waals surface area (Å²) in [7, 11) is 0. The number of halogens is 2. The van der Waals surface area contributed by atoms with Gasteiger partial charge >= 0.3 is 5.97 Å². The molecule has 6 heteroatoms. The molecule has 2 aromatic carbocycles. The molecule has 0 spiro atoms. The number of carbonyl (C=O) groups excluding carboxylic acids is 1. The van der Waals surface area contributed by atoms with Crippen LogP contribution in [0.5, 0.6) is 0 Å². The van der Waals surface area contributed by atoms with Crippen molar-refractivity contribution in [2.24, 2.45) is 0 Å². The van der Waals surface area contributed by atoms with Crippen molar-refractivity contribution in [2.75, 3.05) is 24.6 Å². The molecule has 0 aliphatic rings. The zero-order valence-corrected chi connectivity index (χ0v) is 15.6. The van der Waals surface area contributed by atoms with E-state index in [9.17, 15) is 13.6 Å². The van der Waals surface area contributed by atoms with Gasteiger partial charge in [0.05, 0.1) is 23.2 Å². The minimum Gasteiger partial charge on any atom is -0.461 e. The van der Waals surface area contributed by atoms with Gasteiger partial charge in [-0.25, -0.2) is 13.6 Å². The molecular weight excluding hydrogens is 350 g/mol. The number of benzene rings is 2. The summed E-state index contributed by atoms with van der Waals surface area (Å²) in [5.74, 6) is -2.48. The molecule has 0 aliphatic heterocycles. The second-order valence-electron chi connectivity index (χ2n) is 6.02. The smallest absolute Gasteiger partial charge is 0.357 e. The maximum Gasteiger partial charge on any atom is 0.357 e. The van der Waals surface area contributed by atoms with Gasteiger partial charge < -0.3 is 14.2 Å². The zero-order chi connectivity index (χ0) is 19.6. The fraction of sp³-hybridized carbons (Fsp3) is 0.286. The number of carbonyl (C=O) groups is 1. The van der Waals surface area contributed by atoms with Crippen LogP contribution in [-0.4, -0.2) is 30.2 Å². The van der Waals surface area contributed by atoms with Crippen LogP contribution in [0.25, 0.3) is 16.6 Å². The van der Waals surface area contributed by atoms with Gasteiger partial charge in [-0.1, -0.05) is 18.2 Å². The van der Waals surface area contributed by atoms with E-state index in [1.807, 2.05) is 49.1 Å². The maximum absolute atomic E-state index is 14.9. The topological polar surface area (TPSA) is 34.5 Å². The average Bonchev–Trinajstić information content (AvgIpc) is 3.02. The van der Waals surface area contributed by atoms with Gasteiger partial charge in [0.25, 0.3) is 0 Å². The molecular formula is C21H22F2N2O2. The summed E-state index contributed by atoms with van der Waals surface area (Å²) in [5.41, 5.74) is 1.65. The summed E-state index contributed by atoms with van der Waals surface area (Å²) in [4.78, 5) is 14.7. The molecule has 0 fully saturated rings. The highest BCUT2D eigenvalue weighted by Crippen LogP contribution is 2.39. The van der Waals surface area contributed by atoms with E-state index in [0.29, 0.717) is 30.0 Å². The van der Waals surface area contributed by atoms with Gasteiger partial charge in [-0.15, -0.1) is 0 Å². The third-order valence-electron chi connectivity index (χ3n) is 4.56. The van der Waals surface area contributed by atoms with E-state index in [4.69, 9.17) is 4.74 Å². The number of hydrogen-bond acceptors (Lipinski definition) is 3. The van der Waals surface area contributed by atoms with Crippen molar-refractivity contribution in [1.82, 2.24) is 4.57 Å². The first-order valence-corrected chi connectivity index (χ1v) is 9.04. The predicted molar refractivity (Wildman–Crippen MR) is 103 cm³/mol. The minimum absolute atomic E-state index is 0.0885. The summed E-state index contributed by atoms with van der Waals surface area (Å²) >= 11 is 0. The molecule has 0 saturated carbocycles. The fourth-order valence-corrected chi connectivity index (χ4v) is 3.38. The number of esters is 1. The van der Waals surface area contributed by atoms with Gasteiger partial charge in [-0.3, -0.25) is 0 Å². The second-order valence-corrected chi connectivity index (χ2v) is 6.02. The van der Waals surface area contributed by atoms with Gasteiger partial charge in [-0.2, -0.15) is 0 Å². The predicted octanol–water partition coefficient (Wildman–Crippen LogP) is 4.93. The minimum atomic E-state index is -0.963. The lowest BCUT2D eigenvalue weighted by Gasteiger charge is -2.22. The van der Waals surface area contributed by atoms with E-state index in [-0.39, 0.29) is 17.7 Å². The molecule has 0 radical (unpaired) electrons. The Kier molecular flexibility index (Phi) is 5.44. The molecule has 4 nitrogen and oxygen atoms in total. The summed E-state index contributed by atoms with van der Waals surface area (Å²) in [6.07, 6.45) is 0. The Morgan fingerprint density at radius 1 is 1.04 bits per heavy atom. The lowest BCUT2D eigenvalue weighted by Crippen LogP contribution is -2.25. The molecule has 142 valence electrons. The molecule has 0 atom stereocenters. The molecule has 27 heavy (non-hydrogen) atoms. The zero-order valence-electron chi connectivity index (χ0n) is 15.6. The van der Waals surface area contributed by atoms with Crippen LogP contribution in [0.4, 0.5) is 14.5 Å². The van der Waals surface area contributed by atoms with Crippen LogP contribution in [0.15, 0.2) is 42.5 Å². The maximum atomic E-state index is 14.9. The first kappa shape index (κ1) is 18.9. The molecule has 0 unspecified atom stereocenters. The average molecular weight is 372 g/mol. The first-order chi connectivity index (χ1) is 13.0. The van der Waals surface area contributed by atoms with E-state index in [1.165, 1.54) is 6.07 Å². The number of para-hydroxylation sites is 1. The molecule has 0 aliphatic carbocycles. The molecule has 1 aromatic heterocycles. The first-order valence-electron chi connectivity index (χ1n) is 9.04. The number of anilines is 1. The van der Waals surface area contributed by atoms with Gasteiger partial charge in [-0.05, 0) is 45.0 Å². The summed E-state index contributed by atoms with van der Waals surface area (Å²) < 4.78 is 35.9. The highest BCUT2D eigenvalue weighted by atomic mass is 19.2. The summed E-state index contributed by atoms with van der Waals surface area (Å²) in [6.45, 7) is 6.77. The largest absolute Gasteiger partial charge is 0.461 e. The number of hydrogen-bond donors (Lipinski definition) is 0. The van der Waals surface area contributed by atoms with Gasteiger partial charge in [0, 0.05) is 18.8 Å². The van der Waals surface area contributed by atoms with Crippen molar-refractivity contribution in [3.8, 4) is 5.69 Å². The van der Waals surface area contributed by atoms with Crippen molar-refractivity contribution >= 4 is 22.6 Å². The SMILES string of the molecule is CCOC(=O)c1c(N(CC)CC)c2c(F)c(F)ccc2n1-c1ccccc1. The number of nitrogens with zero attached hydrogens (tertiary/aromatic N) is 2. The van der Waals surface area contributed by atoms with Crippen molar-refractivity contribution in [2.45, 2.75) is 20.8 Å². The second kappa shape index (κ2) is 7.78. The summed E-state index contributed by atoms with van der Waals surface area (Å²) in [6, 6.07) is 11.7. The highest BCUT2D eigenvalue weighted by molar-refractivity contribution is 6.08. The fourth-order valence-electron chi connectivity index (χ4n) is 3.38. The van der Waals surface area contributed by atoms with Crippen LogP contribution >= 0.6 is 0 Å². The quantitative estimate of drug-likeness (QED) is 0.575. The number of fused-ring (bicyclic) bond motifs is 1. The number of rotatable bonds is 6. The Morgan fingerprint density at radius 2 is 1.70 bits per heavy atom. The van der Waals surface area contributed by atoms with Gasteiger partial charge in [0.15, 0.2) is 17.3 Å². The monoisotopic (exact) mass is 372 g/mol. The van der Waals surface area contributed by atoms with Crippen LogP contribution in [0.2, 0.25) is 0 Å². The Bertz CT molecular complexity index is 963.